The minimum atomic E-state index is -0.296. The van der Waals surface area contributed by atoms with E-state index in [-0.39, 0.29) is 5.97 Å². The van der Waals surface area contributed by atoms with Gasteiger partial charge in [0.25, 0.3) is 0 Å². The smallest absolute Gasteiger partial charge is 0.340 e. The minimum absolute atomic E-state index is 0.296. The Bertz CT molecular complexity index is 582. The second-order valence-corrected chi connectivity index (χ2v) is 4.62. The average molecular weight is 244 g/mol. The highest BCUT2D eigenvalue weighted by atomic mass is 16.5. The summed E-state index contributed by atoms with van der Waals surface area (Å²) in [5.74, 6) is -0.296. The third kappa shape index (κ3) is 1.74. The van der Waals surface area contributed by atoms with Crippen LogP contribution in [0.5, 0.6) is 0 Å². The van der Waals surface area contributed by atoms with Crippen LogP contribution >= 0.6 is 0 Å². The van der Waals surface area contributed by atoms with Crippen LogP contribution in [0.4, 0.5) is 5.69 Å². The number of carbonyl (C=O) groups excluding carboxylic acids is 1. The summed E-state index contributed by atoms with van der Waals surface area (Å²) in [6.45, 7) is 2.24. The first-order valence-corrected chi connectivity index (χ1v) is 6.24. The number of hydrogen-bond acceptors (Lipinski definition) is 3. The molecule has 0 aliphatic carbocycles. The third-order valence-electron chi connectivity index (χ3n) is 3.54. The molecule has 1 aromatic carbocycles. The number of aromatic nitrogens is 1. The van der Waals surface area contributed by atoms with Gasteiger partial charge >= 0.3 is 5.97 Å². The Hall–Kier alpha value is -1.97. The third-order valence-corrected chi connectivity index (χ3v) is 3.54. The molecule has 1 fully saturated rings. The molecule has 0 bridgehead atoms. The number of nitrogens with one attached hydrogen (secondary N) is 1. The molecule has 0 spiro atoms. The highest BCUT2D eigenvalue weighted by molar-refractivity contribution is 6.04. The maximum Gasteiger partial charge on any atom is 0.340 e. The number of hydrogen-bond donors (Lipinski definition) is 1. The number of esters is 1. The predicted molar refractivity (Wildman–Crippen MR) is 71.1 cm³/mol. The zero-order valence-corrected chi connectivity index (χ0v) is 10.4. The van der Waals surface area contributed by atoms with Gasteiger partial charge < -0.3 is 14.6 Å². The molecule has 2 aromatic rings. The number of fused-ring (bicyclic) bond motifs is 1. The number of methoxy groups -OCH3 is 1. The van der Waals surface area contributed by atoms with E-state index in [0.717, 1.165) is 24.0 Å². The van der Waals surface area contributed by atoms with Crippen molar-refractivity contribution < 1.29 is 9.53 Å². The number of ether oxygens (including phenoxy) is 1. The van der Waals surface area contributed by atoms with Crippen LogP contribution in [0.3, 0.4) is 0 Å². The molecule has 0 radical (unpaired) electrons. The van der Waals surface area contributed by atoms with Crippen molar-refractivity contribution in [2.45, 2.75) is 12.8 Å². The van der Waals surface area contributed by atoms with Gasteiger partial charge in [-0.05, 0) is 31.0 Å². The fourth-order valence-electron chi connectivity index (χ4n) is 2.57. The molecular weight excluding hydrogens is 228 g/mol. The van der Waals surface area contributed by atoms with Gasteiger partial charge in [-0.2, -0.15) is 0 Å². The molecule has 0 atom stereocenters. The number of rotatable bonds is 2. The van der Waals surface area contributed by atoms with Gasteiger partial charge in [-0.3, -0.25) is 0 Å². The number of aromatic amines is 1. The predicted octanol–water partition coefficient (Wildman–Crippen LogP) is 2.55. The largest absolute Gasteiger partial charge is 0.465 e. The lowest BCUT2D eigenvalue weighted by Crippen LogP contribution is -2.17. The van der Waals surface area contributed by atoms with Crippen LogP contribution in [0.1, 0.15) is 23.2 Å². The Morgan fingerprint density at radius 1 is 1.33 bits per heavy atom. The molecule has 94 valence electrons. The van der Waals surface area contributed by atoms with E-state index in [9.17, 15) is 4.79 Å². The van der Waals surface area contributed by atoms with Crippen molar-refractivity contribution in [3.63, 3.8) is 0 Å². The number of nitrogens with zero attached hydrogens (tertiary/aromatic N) is 1. The van der Waals surface area contributed by atoms with E-state index in [4.69, 9.17) is 4.74 Å². The molecule has 3 rings (SSSR count). The van der Waals surface area contributed by atoms with Gasteiger partial charge in [-0.15, -0.1) is 0 Å². The van der Waals surface area contributed by atoms with Crippen LogP contribution in [-0.4, -0.2) is 31.2 Å². The molecule has 1 N–H and O–H groups in total. The van der Waals surface area contributed by atoms with E-state index in [1.54, 1.807) is 6.20 Å². The van der Waals surface area contributed by atoms with Crippen LogP contribution in [0.25, 0.3) is 10.9 Å². The van der Waals surface area contributed by atoms with Gasteiger partial charge in [0.15, 0.2) is 0 Å². The molecule has 18 heavy (non-hydrogen) atoms. The van der Waals surface area contributed by atoms with Gasteiger partial charge in [0.05, 0.1) is 12.7 Å². The Morgan fingerprint density at radius 3 is 2.83 bits per heavy atom. The molecule has 0 amide bonds. The number of carbonyl (C=O) groups is 1. The first-order valence-electron chi connectivity index (χ1n) is 6.24. The van der Waals surface area contributed by atoms with Gasteiger partial charge in [-0.1, -0.05) is 0 Å². The summed E-state index contributed by atoms with van der Waals surface area (Å²) < 4.78 is 4.76. The summed E-state index contributed by atoms with van der Waals surface area (Å²) in [5.41, 5.74) is 2.80. The van der Waals surface area contributed by atoms with Crippen LogP contribution < -0.4 is 4.90 Å². The lowest BCUT2D eigenvalue weighted by atomic mass is 10.1. The van der Waals surface area contributed by atoms with Crippen molar-refractivity contribution in [3.8, 4) is 0 Å². The van der Waals surface area contributed by atoms with Crippen LogP contribution in [0.15, 0.2) is 24.4 Å². The monoisotopic (exact) mass is 244 g/mol. The van der Waals surface area contributed by atoms with E-state index in [1.165, 1.54) is 25.6 Å². The van der Waals surface area contributed by atoms with Gasteiger partial charge in [0.2, 0.25) is 0 Å². The van der Waals surface area contributed by atoms with Crippen molar-refractivity contribution in [1.29, 1.82) is 0 Å². The van der Waals surface area contributed by atoms with Gasteiger partial charge in [-0.25, -0.2) is 4.79 Å². The van der Waals surface area contributed by atoms with Crippen molar-refractivity contribution in [1.82, 2.24) is 4.98 Å². The molecule has 2 heterocycles. The van der Waals surface area contributed by atoms with Crippen molar-refractivity contribution in [2.75, 3.05) is 25.1 Å². The van der Waals surface area contributed by atoms with Crippen LogP contribution in [0, 0.1) is 0 Å². The highest BCUT2D eigenvalue weighted by Crippen LogP contribution is 2.26. The summed E-state index contributed by atoms with van der Waals surface area (Å²) in [5, 5.41) is 0.921. The first-order chi connectivity index (χ1) is 8.79. The molecule has 0 unspecified atom stereocenters. The second kappa shape index (κ2) is 4.37. The first kappa shape index (κ1) is 11.1. The van der Waals surface area contributed by atoms with Gasteiger partial charge in [0, 0.05) is 35.9 Å². The second-order valence-electron chi connectivity index (χ2n) is 4.62. The number of H-pyrrole nitrogens is 1. The lowest BCUT2D eigenvalue weighted by molar-refractivity contribution is 0.0603. The fraction of sp³-hybridized carbons (Fsp3) is 0.357. The standard InChI is InChI=1S/C14H16N2O2/c1-18-14(17)12-9-15-13-8-10(4-5-11(12)13)16-6-2-3-7-16/h4-5,8-9,15H,2-3,6-7H2,1H3. The molecule has 1 aliphatic rings. The highest BCUT2D eigenvalue weighted by Gasteiger charge is 2.15. The molecule has 0 saturated carbocycles. The van der Waals surface area contributed by atoms with Crippen molar-refractivity contribution in [3.05, 3.63) is 30.0 Å². The summed E-state index contributed by atoms with van der Waals surface area (Å²) in [4.78, 5) is 17.1. The summed E-state index contributed by atoms with van der Waals surface area (Å²) in [6, 6.07) is 6.17. The normalized spacial score (nSPS) is 15.3. The van der Waals surface area contributed by atoms with E-state index < -0.39 is 0 Å². The summed E-state index contributed by atoms with van der Waals surface area (Å²) in [7, 11) is 1.40. The molecule has 1 aliphatic heterocycles. The zero-order valence-electron chi connectivity index (χ0n) is 10.4. The van der Waals surface area contributed by atoms with E-state index >= 15 is 0 Å². The zero-order chi connectivity index (χ0) is 12.5. The average Bonchev–Trinajstić information content (AvgIpc) is 3.06. The molecule has 1 aromatic heterocycles. The molecule has 4 heteroatoms. The molecular formula is C14H16N2O2. The quantitative estimate of drug-likeness (QED) is 0.826. The van der Waals surface area contributed by atoms with E-state index in [0.29, 0.717) is 5.56 Å². The maximum absolute atomic E-state index is 11.6. The Kier molecular flexibility index (Phi) is 2.70. The topological polar surface area (TPSA) is 45.3 Å². The van der Waals surface area contributed by atoms with Crippen molar-refractivity contribution in [2.24, 2.45) is 0 Å². The SMILES string of the molecule is COC(=O)c1c[nH]c2cc(N3CCCC3)ccc12. The maximum atomic E-state index is 11.6. The van der Waals surface area contributed by atoms with Crippen LogP contribution in [0.2, 0.25) is 0 Å². The van der Waals surface area contributed by atoms with Gasteiger partial charge in [0.1, 0.15) is 0 Å². The van der Waals surface area contributed by atoms with E-state index in [2.05, 4.69) is 22.0 Å². The molecule has 4 nitrogen and oxygen atoms in total. The Morgan fingerprint density at radius 2 is 2.11 bits per heavy atom. The number of benzene rings is 1. The molecule has 1 saturated heterocycles. The Balaban J connectivity index is 2.01. The number of anilines is 1. The van der Waals surface area contributed by atoms with Crippen LogP contribution in [-0.2, 0) is 4.74 Å². The summed E-state index contributed by atoms with van der Waals surface area (Å²) >= 11 is 0. The summed E-state index contributed by atoms with van der Waals surface area (Å²) in [6.07, 6.45) is 4.23. The fourth-order valence-corrected chi connectivity index (χ4v) is 2.57. The minimum Gasteiger partial charge on any atom is -0.465 e. The Labute approximate surface area is 106 Å². The van der Waals surface area contributed by atoms with Crippen molar-refractivity contribution >= 4 is 22.6 Å². The van der Waals surface area contributed by atoms with E-state index in [1.807, 2.05) is 6.07 Å². The lowest BCUT2D eigenvalue weighted by Gasteiger charge is -2.17.